The molecule has 2 atom stereocenters. The zero-order valence-electron chi connectivity index (χ0n) is 16.4. The fraction of sp³-hybridized carbons (Fsp3) is 0.261. The Morgan fingerprint density at radius 3 is 2.90 bits per heavy atom. The van der Waals surface area contributed by atoms with Gasteiger partial charge in [-0.05, 0) is 43.3 Å². The van der Waals surface area contributed by atoms with Gasteiger partial charge in [-0.1, -0.05) is 12.1 Å². The number of rotatable bonds is 4. The van der Waals surface area contributed by atoms with Crippen molar-refractivity contribution >= 4 is 5.71 Å². The molecule has 0 radical (unpaired) electrons. The molecule has 3 aromatic rings. The van der Waals surface area contributed by atoms with Crippen molar-refractivity contribution in [1.29, 1.82) is 0 Å². The van der Waals surface area contributed by atoms with Gasteiger partial charge in [0.15, 0.2) is 28.8 Å². The van der Waals surface area contributed by atoms with Crippen LogP contribution in [0.5, 0.6) is 23.0 Å². The third-order valence-electron chi connectivity index (χ3n) is 5.57. The molecule has 0 fully saturated rings. The van der Waals surface area contributed by atoms with E-state index in [0.29, 0.717) is 12.4 Å². The van der Waals surface area contributed by atoms with Crippen molar-refractivity contribution < 1.29 is 23.4 Å². The first kappa shape index (κ1) is 17.3. The lowest BCUT2D eigenvalue weighted by Crippen LogP contribution is -2.33. The van der Waals surface area contributed by atoms with E-state index in [4.69, 9.17) is 28.5 Å². The molecule has 7 heteroatoms. The summed E-state index contributed by atoms with van der Waals surface area (Å²) in [4.78, 5) is 0. The van der Waals surface area contributed by atoms with Crippen LogP contribution in [0.25, 0.3) is 0 Å². The van der Waals surface area contributed by atoms with Gasteiger partial charge in [0.05, 0.1) is 24.6 Å². The van der Waals surface area contributed by atoms with E-state index in [9.17, 15) is 0 Å². The van der Waals surface area contributed by atoms with Crippen molar-refractivity contribution in [2.24, 2.45) is 5.10 Å². The molecule has 0 bridgehead atoms. The van der Waals surface area contributed by atoms with E-state index in [2.05, 4.69) is 6.07 Å². The second-order valence-electron chi connectivity index (χ2n) is 7.31. The number of furan rings is 1. The molecule has 4 heterocycles. The minimum absolute atomic E-state index is 0.0182. The SMILES string of the molecule is CCOc1cccc2c1O[C@H](c1ccco1)N1N=C(c3ccc4c(c3)OCO4)C[C@H]21. The summed E-state index contributed by atoms with van der Waals surface area (Å²) in [5, 5.41) is 6.93. The van der Waals surface area contributed by atoms with Crippen molar-refractivity contribution in [3.63, 3.8) is 0 Å². The highest BCUT2D eigenvalue weighted by molar-refractivity contribution is 6.02. The Balaban J connectivity index is 1.43. The number of para-hydroxylation sites is 1. The van der Waals surface area contributed by atoms with E-state index < -0.39 is 6.23 Å². The maximum absolute atomic E-state index is 6.39. The van der Waals surface area contributed by atoms with Crippen LogP contribution in [0.15, 0.2) is 64.3 Å². The lowest BCUT2D eigenvalue weighted by atomic mass is 9.96. The van der Waals surface area contributed by atoms with Crippen LogP contribution in [0.3, 0.4) is 0 Å². The minimum atomic E-state index is -0.467. The Morgan fingerprint density at radius 1 is 1.10 bits per heavy atom. The number of hydrogen-bond donors (Lipinski definition) is 0. The second-order valence-corrected chi connectivity index (χ2v) is 7.31. The largest absolute Gasteiger partial charge is 0.490 e. The fourth-order valence-electron chi connectivity index (χ4n) is 4.22. The maximum Gasteiger partial charge on any atom is 0.246 e. The standard InChI is InChI=1S/C23H20N2O5/c1-2-26-19-6-3-5-15-17-12-16(14-8-9-18-21(11-14)29-13-28-18)24-25(17)23(30-22(15)19)20-7-4-10-27-20/h3-11,17,23H,2,12-13H2,1H3/t17-,23-/m1/s1. The van der Waals surface area contributed by atoms with Gasteiger partial charge in [-0.2, -0.15) is 5.10 Å². The van der Waals surface area contributed by atoms with Crippen molar-refractivity contribution in [1.82, 2.24) is 5.01 Å². The van der Waals surface area contributed by atoms with Crippen LogP contribution in [-0.2, 0) is 0 Å². The molecule has 0 amide bonds. The van der Waals surface area contributed by atoms with E-state index >= 15 is 0 Å². The number of hydrazone groups is 1. The third kappa shape index (κ3) is 2.62. The van der Waals surface area contributed by atoms with Crippen molar-refractivity contribution in [3.8, 4) is 23.0 Å². The lowest BCUT2D eigenvalue weighted by molar-refractivity contribution is -0.0344. The first-order chi connectivity index (χ1) is 14.8. The summed E-state index contributed by atoms with van der Waals surface area (Å²) >= 11 is 0. The molecular weight excluding hydrogens is 384 g/mol. The first-order valence-electron chi connectivity index (χ1n) is 10.0. The molecule has 0 saturated carbocycles. The fourth-order valence-corrected chi connectivity index (χ4v) is 4.22. The smallest absolute Gasteiger partial charge is 0.246 e. The highest BCUT2D eigenvalue weighted by Gasteiger charge is 2.43. The molecule has 3 aliphatic rings. The summed E-state index contributed by atoms with van der Waals surface area (Å²) in [6, 6.07) is 15.7. The van der Waals surface area contributed by atoms with Crippen LogP contribution in [0, 0.1) is 0 Å². The van der Waals surface area contributed by atoms with Crippen LogP contribution < -0.4 is 18.9 Å². The quantitative estimate of drug-likeness (QED) is 0.631. The van der Waals surface area contributed by atoms with Crippen molar-refractivity contribution in [2.75, 3.05) is 13.4 Å². The summed E-state index contributed by atoms with van der Waals surface area (Å²) in [5.74, 6) is 3.70. The number of nitrogens with zero attached hydrogens (tertiary/aromatic N) is 2. The van der Waals surface area contributed by atoms with Crippen LogP contribution in [0.4, 0.5) is 0 Å². The van der Waals surface area contributed by atoms with Gasteiger partial charge < -0.3 is 23.4 Å². The molecule has 2 aromatic carbocycles. The highest BCUT2D eigenvalue weighted by atomic mass is 16.7. The van der Waals surface area contributed by atoms with Crippen molar-refractivity contribution in [3.05, 3.63) is 71.7 Å². The van der Waals surface area contributed by atoms with Crippen LogP contribution in [0.2, 0.25) is 0 Å². The minimum Gasteiger partial charge on any atom is -0.490 e. The molecule has 6 rings (SSSR count). The van der Waals surface area contributed by atoms with E-state index in [1.54, 1.807) is 6.26 Å². The molecule has 3 aliphatic heterocycles. The lowest BCUT2D eigenvalue weighted by Gasteiger charge is -2.37. The van der Waals surface area contributed by atoms with Gasteiger partial charge in [0.1, 0.15) is 0 Å². The maximum atomic E-state index is 6.39. The molecule has 0 spiro atoms. The monoisotopic (exact) mass is 404 g/mol. The summed E-state index contributed by atoms with van der Waals surface area (Å²) < 4.78 is 28.9. The molecule has 1 aromatic heterocycles. The molecule has 0 aliphatic carbocycles. The van der Waals surface area contributed by atoms with Gasteiger partial charge in [-0.15, -0.1) is 0 Å². The second kappa shape index (κ2) is 6.73. The Labute approximate surface area is 173 Å². The molecule has 152 valence electrons. The Kier molecular flexibility index (Phi) is 3.87. The third-order valence-corrected chi connectivity index (χ3v) is 5.57. The topological polar surface area (TPSA) is 65.7 Å². The highest BCUT2D eigenvalue weighted by Crippen LogP contribution is 2.51. The predicted molar refractivity (Wildman–Crippen MR) is 108 cm³/mol. The first-order valence-corrected chi connectivity index (χ1v) is 10.0. The Hall–Kier alpha value is -3.61. The van der Waals surface area contributed by atoms with Crippen molar-refractivity contribution in [2.45, 2.75) is 25.6 Å². The van der Waals surface area contributed by atoms with Gasteiger partial charge in [-0.3, -0.25) is 0 Å². The Morgan fingerprint density at radius 2 is 2.03 bits per heavy atom. The summed E-state index contributed by atoms with van der Waals surface area (Å²) in [5.41, 5.74) is 3.03. The molecule has 0 unspecified atom stereocenters. The van der Waals surface area contributed by atoms with Gasteiger partial charge in [0, 0.05) is 17.5 Å². The predicted octanol–water partition coefficient (Wildman–Crippen LogP) is 4.65. The van der Waals surface area contributed by atoms with Crippen LogP contribution in [-0.4, -0.2) is 24.1 Å². The number of ether oxygens (including phenoxy) is 4. The molecule has 7 nitrogen and oxygen atoms in total. The van der Waals surface area contributed by atoms with E-state index in [1.807, 2.05) is 54.4 Å². The van der Waals surface area contributed by atoms with Gasteiger partial charge in [0.25, 0.3) is 0 Å². The molecule has 0 saturated heterocycles. The van der Waals surface area contributed by atoms with Crippen LogP contribution in [0.1, 0.15) is 42.5 Å². The van der Waals surface area contributed by atoms with E-state index in [-0.39, 0.29) is 12.8 Å². The van der Waals surface area contributed by atoms with Crippen LogP contribution >= 0.6 is 0 Å². The van der Waals surface area contributed by atoms with E-state index in [1.165, 1.54) is 0 Å². The number of hydrogen-bond acceptors (Lipinski definition) is 7. The molecule has 0 N–H and O–H groups in total. The zero-order valence-corrected chi connectivity index (χ0v) is 16.4. The summed E-state index contributed by atoms with van der Waals surface area (Å²) in [7, 11) is 0. The zero-order chi connectivity index (χ0) is 20.1. The normalized spacial score (nSPS) is 21.0. The Bertz CT molecular complexity index is 1120. The number of benzene rings is 2. The molecule has 30 heavy (non-hydrogen) atoms. The van der Waals surface area contributed by atoms with Gasteiger partial charge in [0.2, 0.25) is 13.0 Å². The average Bonchev–Trinajstić information content (AvgIpc) is 3.53. The number of fused-ring (bicyclic) bond motifs is 4. The van der Waals surface area contributed by atoms with E-state index in [0.717, 1.165) is 46.3 Å². The summed E-state index contributed by atoms with van der Waals surface area (Å²) in [6.45, 7) is 2.79. The summed E-state index contributed by atoms with van der Waals surface area (Å²) in [6.07, 6.45) is 1.92. The molecular formula is C23H20N2O5. The van der Waals surface area contributed by atoms with Gasteiger partial charge >= 0.3 is 0 Å². The average molecular weight is 404 g/mol. The van der Waals surface area contributed by atoms with Gasteiger partial charge in [-0.25, -0.2) is 5.01 Å².